The summed E-state index contributed by atoms with van der Waals surface area (Å²) in [6.07, 6.45) is 11.0. The van der Waals surface area contributed by atoms with Crippen LogP contribution in [0.15, 0.2) is 71.0 Å². The molecule has 0 aromatic heterocycles. The number of phenolic OH excluding ortho intramolecular Hbond substituents is 1. The van der Waals surface area contributed by atoms with Gasteiger partial charge in [0.05, 0.1) is 0 Å². The molecule has 38 heavy (non-hydrogen) atoms. The maximum atomic E-state index is 13.9. The number of amides is 1. The first-order valence-electron chi connectivity index (χ1n) is 13.5. The molecule has 0 bridgehead atoms. The molecular weight excluding hydrogens is 494 g/mol. The predicted molar refractivity (Wildman–Crippen MR) is 154 cm³/mol. The van der Waals surface area contributed by atoms with E-state index in [2.05, 4.69) is 70.8 Å². The van der Waals surface area contributed by atoms with Crippen LogP contribution in [0.3, 0.4) is 0 Å². The fourth-order valence-electron chi connectivity index (χ4n) is 6.72. The molecule has 1 saturated carbocycles. The van der Waals surface area contributed by atoms with E-state index in [1.807, 2.05) is 6.92 Å². The van der Waals surface area contributed by atoms with E-state index in [0.29, 0.717) is 5.92 Å². The minimum Gasteiger partial charge on any atom is -0.875 e. The van der Waals surface area contributed by atoms with Crippen LogP contribution in [0, 0.1) is 29.1 Å². The summed E-state index contributed by atoms with van der Waals surface area (Å²) in [5.41, 5.74) is 4.11. The van der Waals surface area contributed by atoms with Crippen LogP contribution in [0.4, 0.5) is 0 Å². The molecule has 206 valence electrons. The van der Waals surface area contributed by atoms with E-state index in [1.54, 1.807) is 12.1 Å². The largest absolute Gasteiger partial charge is 0.875 e. The molecule has 0 heterocycles. The molecule has 6 atom stereocenters. The van der Waals surface area contributed by atoms with Crippen molar-refractivity contribution in [3.63, 3.8) is 0 Å². The third-order valence-electron chi connectivity index (χ3n) is 8.44. The van der Waals surface area contributed by atoms with Crippen LogP contribution in [0.5, 0.6) is 5.75 Å². The first kappa shape index (κ1) is 29.8. The number of thiol groups is 1. The zero-order chi connectivity index (χ0) is 28.2. The van der Waals surface area contributed by atoms with Crippen molar-refractivity contribution in [2.45, 2.75) is 73.3 Å². The first-order valence-corrected chi connectivity index (χ1v) is 14.0. The average Bonchev–Trinajstić information content (AvgIpc) is 2.82. The number of fused-ring (bicyclic) bond motifs is 1. The summed E-state index contributed by atoms with van der Waals surface area (Å²) in [5, 5.41) is 25.7. The molecule has 1 amide bonds. The van der Waals surface area contributed by atoms with Gasteiger partial charge in [-0.15, -0.1) is 18.4 Å². The summed E-state index contributed by atoms with van der Waals surface area (Å²) < 4.78 is 0. The molecule has 0 spiro atoms. The van der Waals surface area contributed by atoms with Gasteiger partial charge in [0.1, 0.15) is 11.8 Å². The lowest BCUT2D eigenvalue weighted by atomic mass is 9.52. The standard InChI is InChI=1S/C32H43NO4S/c1-7-19(2)14-21(4)29-22(5)18-32(6)17-20(3)8-13-25(32)30(29)27(35)16-28(36)33-26(31(37)38)15-23-9-11-24(34)12-10-23/h7,9-12,14,16,18,20,25-26,29-30,34-35H,8,13,15,17H2,1-6H3,(H,33,36)(H,37,38)/p-1/b19-7+,21-14+,27-16-/t20-,25+,26+,29-,30?,32+/m1/s1. The number of rotatable bonds is 8. The second-order valence-corrected chi connectivity index (χ2v) is 12.1. The van der Waals surface area contributed by atoms with Gasteiger partial charge in [-0.25, -0.2) is 0 Å². The number of benzene rings is 1. The minimum absolute atomic E-state index is 0.0766. The van der Waals surface area contributed by atoms with Gasteiger partial charge in [-0.05, 0) is 87.5 Å². The summed E-state index contributed by atoms with van der Waals surface area (Å²) in [4.78, 5) is 25.3. The summed E-state index contributed by atoms with van der Waals surface area (Å²) in [6, 6.07) is 5.55. The van der Waals surface area contributed by atoms with Gasteiger partial charge in [-0.2, -0.15) is 0 Å². The number of hydrogen-bond donors (Lipinski definition) is 3. The third-order valence-corrected chi connectivity index (χ3v) is 8.75. The number of nitrogens with one attached hydrogen (secondary N) is 1. The maximum Gasteiger partial charge on any atom is 0.243 e. The second kappa shape index (κ2) is 12.4. The Hall–Kier alpha value is -2.73. The highest BCUT2D eigenvalue weighted by Crippen LogP contribution is 2.56. The smallest absolute Gasteiger partial charge is 0.243 e. The fraction of sp³-hybridized carbons (Fsp3) is 0.500. The molecule has 0 radical (unpaired) electrons. The normalized spacial score (nSPS) is 29.2. The molecule has 2 aliphatic carbocycles. The van der Waals surface area contributed by atoms with Crippen molar-refractivity contribution in [2.75, 3.05) is 0 Å². The van der Waals surface area contributed by atoms with Crippen LogP contribution >= 0.6 is 12.6 Å². The number of hydrogen-bond acceptors (Lipinski definition) is 4. The highest BCUT2D eigenvalue weighted by Gasteiger charge is 2.47. The van der Waals surface area contributed by atoms with Gasteiger partial charge in [0.25, 0.3) is 0 Å². The highest BCUT2D eigenvalue weighted by atomic mass is 32.1. The van der Waals surface area contributed by atoms with Crippen molar-refractivity contribution in [1.82, 2.24) is 5.32 Å². The van der Waals surface area contributed by atoms with Gasteiger partial charge < -0.3 is 15.5 Å². The number of phenols is 1. The maximum absolute atomic E-state index is 13.9. The summed E-state index contributed by atoms with van der Waals surface area (Å²) in [5.74, 6) is -0.342. The van der Waals surface area contributed by atoms with Crippen molar-refractivity contribution in [3.8, 4) is 5.75 Å². The van der Waals surface area contributed by atoms with E-state index in [4.69, 9.17) is 0 Å². The summed E-state index contributed by atoms with van der Waals surface area (Å²) in [6.45, 7) is 12.8. The van der Waals surface area contributed by atoms with Crippen molar-refractivity contribution >= 4 is 23.7 Å². The van der Waals surface area contributed by atoms with E-state index >= 15 is 0 Å². The molecule has 1 unspecified atom stereocenters. The fourth-order valence-corrected chi connectivity index (χ4v) is 6.88. The van der Waals surface area contributed by atoms with E-state index < -0.39 is 17.1 Å². The van der Waals surface area contributed by atoms with Gasteiger partial charge in [-0.1, -0.05) is 67.3 Å². The van der Waals surface area contributed by atoms with Crippen molar-refractivity contribution in [3.05, 3.63) is 76.6 Å². The van der Waals surface area contributed by atoms with Gasteiger partial charge in [0.2, 0.25) is 11.0 Å². The Kier molecular flexibility index (Phi) is 9.74. The number of allylic oxidation sites excluding steroid dienone is 7. The Morgan fingerprint density at radius 2 is 1.87 bits per heavy atom. The van der Waals surface area contributed by atoms with Gasteiger partial charge in [-0.3, -0.25) is 9.59 Å². The van der Waals surface area contributed by atoms with Gasteiger partial charge >= 0.3 is 0 Å². The SMILES string of the molecule is C/C=C(C)/C=C(\C)[C@@H]1C(C)=C[C@]2(C)C[C@H](C)CC[C@H]2C1/C([O-])=C/C(=O)N[C@@H](Cc1ccc(O)cc1)C(=O)S. The van der Waals surface area contributed by atoms with Crippen molar-refractivity contribution in [1.29, 1.82) is 0 Å². The minimum atomic E-state index is -0.886. The van der Waals surface area contributed by atoms with Crippen molar-refractivity contribution in [2.24, 2.45) is 29.1 Å². The molecule has 2 N–H and O–H groups in total. The molecule has 1 aromatic carbocycles. The van der Waals surface area contributed by atoms with Crippen LogP contribution in [0.1, 0.15) is 66.4 Å². The highest BCUT2D eigenvalue weighted by molar-refractivity contribution is 7.96. The lowest BCUT2D eigenvalue weighted by Crippen LogP contribution is -2.47. The Morgan fingerprint density at radius 1 is 1.21 bits per heavy atom. The summed E-state index contributed by atoms with van der Waals surface area (Å²) in [7, 11) is 0. The Labute approximate surface area is 233 Å². The average molecular weight is 537 g/mol. The topological polar surface area (TPSA) is 89.5 Å². The van der Waals surface area contributed by atoms with Gasteiger partial charge in [0.15, 0.2) is 0 Å². The van der Waals surface area contributed by atoms with Gasteiger partial charge in [0, 0.05) is 12.3 Å². The van der Waals surface area contributed by atoms with Crippen LogP contribution in [-0.4, -0.2) is 22.2 Å². The molecule has 1 fully saturated rings. The lowest BCUT2D eigenvalue weighted by molar-refractivity contribution is -0.322. The molecule has 1 aromatic rings. The molecule has 0 aliphatic heterocycles. The molecule has 5 nitrogen and oxygen atoms in total. The van der Waals surface area contributed by atoms with Crippen LogP contribution in [-0.2, 0) is 16.0 Å². The quantitative estimate of drug-likeness (QED) is 0.131. The Balaban J connectivity index is 1.94. The second-order valence-electron chi connectivity index (χ2n) is 11.6. The van der Waals surface area contributed by atoms with E-state index in [1.165, 1.54) is 17.7 Å². The lowest BCUT2D eigenvalue weighted by Gasteiger charge is -2.54. The van der Waals surface area contributed by atoms with E-state index in [-0.39, 0.29) is 41.1 Å². The molecule has 2 aliphatic rings. The Morgan fingerprint density at radius 3 is 2.47 bits per heavy atom. The first-order chi connectivity index (χ1) is 17.8. The number of carbonyl (C=O) groups is 2. The van der Waals surface area contributed by atoms with Crippen LogP contribution < -0.4 is 10.4 Å². The van der Waals surface area contributed by atoms with Crippen LogP contribution in [0.2, 0.25) is 0 Å². The molecule has 3 rings (SSSR count). The number of aromatic hydroxyl groups is 1. The molecular formula is C32H42NO4S-. The van der Waals surface area contributed by atoms with E-state index in [9.17, 15) is 19.8 Å². The third kappa shape index (κ3) is 7.02. The zero-order valence-corrected chi connectivity index (χ0v) is 24.3. The van der Waals surface area contributed by atoms with Crippen LogP contribution in [0.25, 0.3) is 0 Å². The van der Waals surface area contributed by atoms with Crippen molar-refractivity contribution < 1.29 is 19.8 Å². The number of carbonyl (C=O) groups excluding carboxylic acids is 2. The molecule has 0 saturated heterocycles. The summed E-state index contributed by atoms with van der Waals surface area (Å²) >= 11 is 3.96. The molecule has 6 heteroatoms. The Bertz CT molecular complexity index is 1160. The zero-order valence-electron chi connectivity index (χ0n) is 23.5. The van der Waals surface area contributed by atoms with E-state index in [0.717, 1.165) is 42.0 Å². The monoisotopic (exact) mass is 536 g/mol. The predicted octanol–water partition coefficient (Wildman–Crippen LogP) is 5.67.